The number of rotatable bonds is 5. The van der Waals surface area contributed by atoms with Gasteiger partial charge in [0.25, 0.3) is 16.0 Å². The summed E-state index contributed by atoms with van der Waals surface area (Å²) in [5.41, 5.74) is 8.01. The van der Waals surface area contributed by atoms with E-state index in [9.17, 15) is 28.0 Å². The van der Waals surface area contributed by atoms with Crippen molar-refractivity contribution in [2.45, 2.75) is 18.7 Å². The lowest BCUT2D eigenvalue weighted by atomic mass is 10.1. The van der Waals surface area contributed by atoms with Gasteiger partial charge in [0.1, 0.15) is 22.0 Å². The molecule has 0 atom stereocenters. The highest BCUT2D eigenvalue weighted by atomic mass is 32.2. The molecular formula is C25H22N4O6S. The minimum atomic E-state index is -4.84. The second kappa shape index (κ2) is 9.29. The van der Waals surface area contributed by atoms with Crippen molar-refractivity contribution in [3.63, 3.8) is 0 Å². The topological polar surface area (TPSA) is 175 Å². The first-order chi connectivity index (χ1) is 16.9. The summed E-state index contributed by atoms with van der Waals surface area (Å²) < 4.78 is 34.0. The van der Waals surface area contributed by atoms with Crippen LogP contribution in [0, 0.1) is 13.8 Å². The molecule has 184 valence electrons. The zero-order valence-electron chi connectivity index (χ0n) is 19.2. The van der Waals surface area contributed by atoms with Crippen molar-refractivity contribution in [2.75, 3.05) is 11.1 Å². The van der Waals surface area contributed by atoms with Gasteiger partial charge >= 0.3 is 0 Å². The van der Waals surface area contributed by atoms with E-state index >= 15 is 0 Å². The number of benzene rings is 4. The number of hydrogen-bond donors (Lipinski definition) is 5. The number of aryl methyl sites for hydroxylation is 2. The Kier molecular flexibility index (Phi) is 6.35. The van der Waals surface area contributed by atoms with Crippen molar-refractivity contribution in [3.05, 3.63) is 77.4 Å². The zero-order chi connectivity index (χ0) is 26.2. The molecule has 0 radical (unpaired) electrons. The Balaban J connectivity index is 1.77. The minimum Gasteiger partial charge on any atom is -0.506 e. The van der Waals surface area contributed by atoms with E-state index in [2.05, 4.69) is 15.5 Å². The average Bonchev–Trinajstić information content (AvgIpc) is 2.81. The van der Waals surface area contributed by atoms with Crippen LogP contribution in [0.4, 0.5) is 22.7 Å². The number of nitrogens with zero attached hydrogens (tertiary/aromatic N) is 2. The number of phenolic OH excluding ortho intramolecular Hbond substituents is 2. The van der Waals surface area contributed by atoms with Crippen molar-refractivity contribution < 1.29 is 28.0 Å². The summed E-state index contributed by atoms with van der Waals surface area (Å²) in [7, 11) is -4.84. The lowest BCUT2D eigenvalue weighted by Gasteiger charge is -2.11. The number of nitrogens with two attached hydrogens (primary N) is 1. The van der Waals surface area contributed by atoms with Gasteiger partial charge in [-0.1, -0.05) is 0 Å². The molecule has 0 saturated heterocycles. The fraction of sp³-hybridized carbons (Fsp3) is 0.0800. The Morgan fingerprint density at radius 1 is 0.917 bits per heavy atom. The number of aromatic hydroxyl groups is 2. The van der Waals surface area contributed by atoms with Crippen LogP contribution in [0.1, 0.15) is 21.5 Å². The molecule has 0 fully saturated rings. The summed E-state index contributed by atoms with van der Waals surface area (Å²) in [6.07, 6.45) is 0. The lowest BCUT2D eigenvalue weighted by molar-refractivity contribution is 0.102. The SMILES string of the molecule is Cc1cc(O)c(N=Nc2c(S(=O)(=O)O)cc3cc(NC(=O)c4ccc(N)cc4)ccc3c2O)cc1C. The van der Waals surface area contributed by atoms with E-state index in [-0.39, 0.29) is 22.2 Å². The Labute approximate surface area is 206 Å². The van der Waals surface area contributed by atoms with Gasteiger partial charge in [-0.2, -0.15) is 8.42 Å². The van der Waals surface area contributed by atoms with Crippen LogP contribution >= 0.6 is 0 Å². The van der Waals surface area contributed by atoms with Gasteiger partial charge in [0.15, 0.2) is 5.75 Å². The third-order valence-corrected chi connectivity index (χ3v) is 6.48. The normalized spacial score (nSPS) is 11.8. The molecule has 0 heterocycles. The highest BCUT2D eigenvalue weighted by molar-refractivity contribution is 7.86. The van der Waals surface area contributed by atoms with Crippen LogP contribution in [0.2, 0.25) is 0 Å². The third-order valence-electron chi connectivity index (χ3n) is 5.61. The van der Waals surface area contributed by atoms with Gasteiger partial charge in [0.05, 0.1) is 0 Å². The monoisotopic (exact) mass is 506 g/mol. The van der Waals surface area contributed by atoms with Gasteiger partial charge < -0.3 is 21.3 Å². The van der Waals surface area contributed by atoms with E-state index in [4.69, 9.17) is 5.73 Å². The molecule has 4 aromatic rings. The zero-order valence-corrected chi connectivity index (χ0v) is 20.0. The van der Waals surface area contributed by atoms with Gasteiger partial charge in [0.2, 0.25) is 0 Å². The highest BCUT2D eigenvalue weighted by Crippen LogP contribution is 2.42. The van der Waals surface area contributed by atoms with Gasteiger partial charge in [-0.05, 0) is 91.0 Å². The fourth-order valence-electron chi connectivity index (χ4n) is 3.53. The quantitative estimate of drug-likeness (QED) is 0.137. The number of phenols is 2. The predicted octanol–water partition coefficient (Wildman–Crippen LogP) is 5.36. The number of anilines is 2. The second-order valence-electron chi connectivity index (χ2n) is 8.18. The van der Waals surface area contributed by atoms with Gasteiger partial charge in [-0.15, -0.1) is 10.2 Å². The van der Waals surface area contributed by atoms with Crippen molar-refractivity contribution >= 4 is 49.5 Å². The van der Waals surface area contributed by atoms with Crippen LogP contribution < -0.4 is 11.1 Å². The molecule has 0 saturated carbocycles. The Bertz CT molecular complexity index is 1650. The van der Waals surface area contributed by atoms with E-state index in [1.165, 1.54) is 24.3 Å². The van der Waals surface area contributed by atoms with Crippen molar-refractivity contribution in [2.24, 2.45) is 10.2 Å². The first-order valence-corrected chi connectivity index (χ1v) is 12.0. The average molecular weight is 507 g/mol. The van der Waals surface area contributed by atoms with E-state index in [0.717, 1.165) is 17.2 Å². The van der Waals surface area contributed by atoms with Crippen LogP contribution in [0.15, 0.2) is 75.8 Å². The van der Waals surface area contributed by atoms with E-state index in [1.807, 2.05) is 0 Å². The number of hydrogen-bond acceptors (Lipinski definition) is 8. The number of carbonyl (C=O) groups excluding carboxylic acids is 1. The molecule has 4 rings (SSSR count). The number of nitrogens with one attached hydrogen (secondary N) is 1. The summed E-state index contributed by atoms with van der Waals surface area (Å²) in [5, 5.41) is 31.8. The van der Waals surface area contributed by atoms with Crippen LogP contribution in [-0.2, 0) is 10.1 Å². The van der Waals surface area contributed by atoms with Crippen molar-refractivity contribution in [1.82, 2.24) is 0 Å². The fourth-order valence-corrected chi connectivity index (χ4v) is 4.19. The standard InChI is InChI=1S/C25H22N4O6S/c1-13-9-20(21(30)10-14(13)2)28-29-23-22(36(33,34)35)12-16-11-18(7-8-19(16)24(23)31)27-25(32)15-3-5-17(26)6-4-15/h3-12,30-31H,26H2,1-2H3,(H,27,32)(H,33,34,35). The Morgan fingerprint density at radius 2 is 1.58 bits per heavy atom. The van der Waals surface area contributed by atoms with Crippen molar-refractivity contribution in [3.8, 4) is 11.5 Å². The van der Waals surface area contributed by atoms with Crippen LogP contribution in [0.5, 0.6) is 11.5 Å². The molecule has 0 spiro atoms. The van der Waals surface area contributed by atoms with E-state index in [1.54, 1.807) is 44.2 Å². The Hall–Kier alpha value is -4.48. The van der Waals surface area contributed by atoms with Gasteiger partial charge in [-0.3, -0.25) is 9.35 Å². The molecule has 36 heavy (non-hydrogen) atoms. The largest absolute Gasteiger partial charge is 0.506 e. The highest BCUT2D eigenvalue weighted by Gasteiger charge is 2.22. The maximum absolute atomic E-state index is 12.5. The second-order valence-corrected chi connectivity index (χ2v) is 9.57. The minimum absolute atomic E-state index is 0.0552. The lowest BCUT2D eigenvalue weighted by Crippen LogP contribution is -2.11. The molecule has 0 aliphatic carbocycles. The maximum Gasteiger partial charge on any atom is 0.296 e. The summed E-state index contributed by atoms with van der Waals surface area (Å²) in [4.78, 5) is 11.8. The Morgan fingerprint density at radius 3 is 2.25 bits per heavy atom. The first kappa shape index (κ1) is 24.6. The summed E-state index contributed by atoms with van der Waals surface area (Å²) in [6.45, 7) is 3.60. The predicted molar refractivity (Wildman–Crippen MR) is 136 cm³/mol. The molecule has 0 bridgehead atoms. The number of amides is 1. The van der Waals surface area contributed by atoms with Crippen LogP contribution in [-0.4, -0.2) is 29.1 Å². The molecule has 0 aliphatic heterocycles. The summed E-state index contributed by atoms with van der Waals surface area (Å²) in [6, 6.07) is 14.8. The number of nitrogen functional groups attached to an aromatic ring is 1. The molecular weight excluding hydrogens is 484 g/mol. The van der Waals surface area contributed by atoms with Gasteiger partial charge in [-0.25, -0.2) is 0 Å². The van der Waals surface area contributed by atoms with Crippen LogP contribution in [0.25, 0.3) is 10.8 Å². The molecule has 10 nitrogen and oxygen atoms in total. The molecule has 0 unspecified atom stereocenters. The summed E-state index contributed by atoms with van der Waals surface area (Å²) in [5.74, 6) is -1.16. The van der Waals surface area contributed by atoms with E-state index < -0.39 is 32.4 Å². The number of azo groups is 1. The van der Waals surface area contributed by atoms with Crippen molar-refractivity contribution in [1.29, 1.82) is 0 Å². The molecule has 6 N–H and O–H groups in total. The maximum atomic E-state index is 12.5. The number of carbonyl (C=O) groups is 1. The number of fused-ring (bicyclic) bond motifs is 1. The molecule has 4 aromatic carbocycles. The molecule has 11 heteroatoms. The summed E-state index contributed by atoms with van der Waals surface area (Å²) >= 11 is 0. The van der Waals surface area contributed by atoms with Gasteiger partial charge in [0, 0.05) is 22.3 Å². The smallest absolute Gasteiger partial charge is 0.296 e. The first-order valence-electron chi connectivity index (χ1n) is 10.6. The molecule has 1 amide bonds. The third kappa shape index (κ3) is 4.97. The van der Waals surface area contributed by atoms with Crippen LogP contribution in [0.3, 0.4) is 0 Å². The molecule has 0 aliphatic rings. The van der Waals surface area contributed by atoms with E-state index in [0.29, 0.717) is 16.9 Å². The molecule has 0 aromatic heterocycles.